The third kappa shape index (κ3) is 4.02. The molecule has 2 aromatic carbocycles. The van der Waals surface area contributed by atoms with E-state index in [-0.39, 0.29) is 6.61 Å². The molecule has 1 heterocycles. The molecule has 0 amide bonds. The summed E-state index contributed by atoms with van der Waals surface area (Å²) < 4.78 is 8.29. The number of nitrogens with zero attached hydrogens (tertiary/aromatic N) is 2. The Morgan fingerprint density at radius 3 is 2.64 bits per heavy atom. The van der Waals surface area contributed by atoms with Crippen molar-refractivity contribution in [3.63, 3.8) is 0 Å². The van der Waals surface area contributed by atoms with Gasteiger partial charge in [-0.3, -0.25) is 0 Å². The van der Waals surface area contributed by atoms with Gasteiger partial charge in [0.2, 0.25) is 0 Å². The molecule has 1 aromatic heterocycles. The fraction of sp³-hybridized carbons (Fsp3) is 0.381. The summed E-state index contributed by atoms with van der Waals surface area (Å²) in [6.45, 7) is 5.88. The highest BCUT2D eigenvalue weighted by molar-refractivity contribution is 5.75. The fourth-order valence-electron chi connectivity index (χ4n) is 3.14. The predicted octanol–water partition coefficient (Wildman–Crippen LogP) is 4.16. The van der Waals surface area contributed by atoms with Crippen LogP contribution in [0.2, 0.25) is 0 Å². The lowest BCUT2D eigenvalue weighted by molar-refractivity contribution is 0.282. The van der Waals surface area contributed by atoms with Crippen LogP contribution in [-0.4, -0.2) is 27.9 Å². The second kappa shape index (κ2) is 8.17. The van der Waals surface area contributed by atoms with Crippen LogP contribution in [-0.2, 0) is 13.0 Å². The van der Waals surface area contributed by atoms with Gasteiger partial charge in [0, 0.05) is 13.0 Å². The zero-order chi connectivity index (χ0) is 17.6. The summed E-state index contributed by atoms with van der Waals surface area (Å²) in [5.41, 5.74) is 3.35. The molecule has 0 spiro atoms. The van der Waals surface area contributed by atoms with Crippen LogP contribution >= 0.6 is 0 Å². The average Bonchev–Trinajstić information content (AvgIpc) is 2.98. The van der Waals surface area contributed by atoms with E-state index in [4.69, 9.17) is 14.8 Å². The van der Waals surface area contributed by atoms with Crippen molar-refractivity contribution in [1.29, 1.82) is 0 Å². The van der Waals surface area contributed by atoms with Crippen LogP contribution in [0.15, 0.2) is 48.5 Å². The van der Waals surface area contributed by atoms with E-state index in [0.29, 0.717) is 12.5 Å². The number of aliphatic hydroxyl groups excluding tert-OH is 1. The van der Waals surface area contributed by atoms with Gasteiger partial charge in [0.05, 0.1) is 17.6 Å². The van der Waals surface area contributed by atoms with Crippen molar-refractivity contribution in [1.82, 2.24) is 9.55 Å². The van der Waals surface area contributed by atoms with Crippen LogP contribution in [0.4, 0.5) is 0 Å². The van der Waals surface area contributed by atoms with E-state index < -0.39 is 0 Å². The van der Waals surface area contributed by atoms with Crippen molar-refractivity contribution in [2.75, 3.05) is 13.2 Å². The highest BCUT2D eigenvalue weighted by Gasteiger charge is 2.11. The summed E-state index contributed by atoms with van der Waals surface area (Å²) in [5.74, 6) is 2.40. The molecule has 0 radical (unpaired) electrons. The SMILES string of the molecule is CC(C)c1ccccc1OCCn1c(CCCO)nc2ccccc21. The Bertz CT molecular complexity index is 824. The summed E-state index contributed by atoms with van der Waals surface area (Å²) in [6.07, 6.45) is 1.49. The topological polar surface area (TPSA) is 47.3 Å². The third-order valence-corrected chi connectivity index (χ3v) is 4.41. The molecule has 0 fully saturated rings. The van der Waals surface area contributed by atoms with Gasteiger partial charge >= 0.3 is 0 Å². The second-order valence-corrected chi connectivity index (χ2v) is 6.54. The summed E-state index contributed by atoms with van der Waals surface area (Å²) in [4.78, 5) is 4.72. The van der Waals surface area contributed by atoms with E-state index in [0.717, 1.165) is 42.0 Å². The molecule has 0 aliphatic heterocycles. The van der Waals surface area contributed by atoms with Crippen molar-refractivity contribution in [3.05, 3.63) is 59.9 Å². The number of imidazole rings is 1. The minimum Gasteiger partial charge on any atom is -0.491 e. The summed E-state index contributed by atoms with van der Waals surface area (Å²) in [5, 5.41) is 9.14. The Morgan fingerprint density at radius 2 is 1.84 bits per heavy atom. The number of rotatable bonds is 8. The van der Waals surface area contributed by atoms with E-state index in [2.05, 4.69) is 36.6 Å². The van der Waals surface area contributed by atoms with Crippen LogP contribution in [0.1, 0.15) is 37.6 Å². The number of para-hydroxylation sites is 3. The molecule has 0 aliphatic rings. The van der Waals surface area contributed by atoms with Crippen LogP contribution in [0.3, 0.4) is 0 Å². The molecule has 0 saturated carbocycles. The third-order valence-electron chi connectivity index (χ3n) is 4.41. The van der Waals surface area contributed by atoms with E-state index in [1.807, 2.05) is 30.3 Å². The maximum atomic E-state index is 9.14. The Labute approximate surface area is 149 Å². The maximum Gasteiger partial charge on any atom is 0.122 e. The second-order valence-electron chi connectivity index (χ2n) is 6.54. The van der Waals surface area contributed by atoms with Gasteiger partial charge in [0.1, 0.15) is 18.2 Å². The molecule has 3 aromatic rings. The highest BCUT2D eigenvalue weighted by atomic mass is 16.5. The molecule has 4 heteroatoms. The minimum atomic E-state index is 0.182. The largest absolute Gasteiger partial charge is 0.491 e. The molecular weight excluding hydrogens is 312 g/mol. The number of ether oxygens (including phenoxy) is 1. The first-order valence-electron chi connectivity index (χ1n) is 8.97. The van der Waals surface area contributed by atoms with E-state index >= 15 is 0 Å². The molecule has 132 valence electrons. The number of aliphatic hydroxyl groups is 1. The number of aryl methyl sites for hydroxylation is 1. The van der Waals surface area contributed by atoms with Crippen molar-refractivity contribution >= 4 is 11.0 Å². The smallest absolute Gasteiger partial charge is 0.122 e. The molecule has 3 rings (SSSR count). The minimum absolute atomic E-state index is 0.182. The molecule has 0 saturated heterocycles. The lowest BCUT2D eigenvalue weighted by atomic mass is 10.0. The van der Waals surface area contributed by atoms with Gasteiger partial charge in [-0.2, -0.15) is 0 Å². The van der Waals surface area contributed by atoms with E-state index in [1.54, 1.807) is 0 Å². The number of hydrogen-bond donors (Lipinski definition) is 1. The monoisotopic (exact) mass is 338 g/mol. The number of hydrogen-bond acceptors (Lipinski definition) is 3. The van der Waals surface area contributed by atoms with Gasteiger partial charge in [0.25, 0.3) is 0 Å². The van der Waals surface area contributed by atoms with Gasteiger partial charge < -0.3 is 14.4 Å². The van der Waals surface area contributed by atoms with Crippen molar-refractivity contribution in [2.45, 2.75) is 39.2 Å². The van der Waals surface area contributed by atoms with E-state index in [9.17, 15) is 0 Å². The van der Waals surface area contributed by atoms with Crippen molar-refractivity contribution in [2.24, 2.45) is 0 Å². The van der Waals surface area contributed by atoms with E-state index in [1.165, 1.54) is 5.56 Å². The average molecular weight is 338 g/mol. The molecule has 4 nitrogen and oxygen atoms in total. The Kier molecular flexibility index (Phi) is 5.71. The Morgan fingerprint density at radius 1 is 1.08 bits per heavy atom. The molecule has 0 bridgehead atoms. The summed E-state index contributed by atoms with van der Waals surface area (Å²) in [6, 6.07) is 16.4. The van der Waals surface area contributed by atoms with Gasteiger partial charge in [-0.1, -0.05) is 44.2 Å². The first-order chi connectivity index (χ1) is 12.2. The number of aromatic nitrogens is 2. The normalized spacial score (nSPS) is 11.4. The summed E-state index contributed by atoms with van der Waals surface area (Å²) in [7, 11) is 0. The van der Waals surface area contributed by atoms with Crippen LogP contribution in [0.25, 0.3) is 11.0 Å². The molecule has 25 heavy (non-hydrogen) atoms. The lowest BCUT2D eigenvalue weighted by Gasteiger charge is -2.15. The van der Waals surface area contributed by atoms with Crippen LogP contribution in [0, 0.1) is 0 Å². The zero-order valence-corrected chi connectivity index (χ0v) is 15.0. The highest BCUT2D eigenvalue weighted by Crippen LogP contribution is 2.26. The quantitative estimate of drug-likeness (QED) is 0.671. The van der Waals surface area contributed by atoms with Crippen molar-refractivity contribution < 1.29 is 9.84 Å². The molecule has 1 N–H and O–H groups in total. The van der Waals surface area contributed by atoms with Gasteiger partial charge in [-0.05, 0) is 36.1 Å². The predicted molar refractivity (Wildman–Crippen MR) is 101 cm³/mol. The molecule has 0 unspecified atom stereocenters. The van der Waals surface area contributed by atoms with Crippen LogP contribution < -0.4 is 4.74 Å². The van der Waals surface area contributed by atoms with Crippen molar-refractivity contribution in [3.8, 4) is 5.75 Å². The first-order valence-corrected chi connectivity index (χ1v) is 8.97. The standard InChI is InChI=1S/C21H26N2O2/c1-16(2)17-8-3-6-11-20(17)25-15-13-23-19-10-5-4-9-18(19)22-21(23)12-7-14-24/h3-6,8-11,16,24H,7,12-15H2,1-2H3. The molecule has 0 aliphatic carbocycles. The van der Waals surface area contributed by atoms with Crippen LogP contribution in [0.5, 0.6) is 5.75 Å². The molecular formula is C21H26N2O2. The zero-order valence-electron chi connectivity index (χ0n) is 15.0. The summed E-state index contributed by atoms with van der Waals surface area (Å²) >= 11 is 0. The van der Waals surface area contributed by atoms with Gasteiger partial charge in [-0.25, -0.2) is 4.98 Å². The fourth-order valence-corrected chi connectivity index (χ4v) is 3.14. The maximum absolute atomic E-state index is 9.14. The number of benzene rings is 2. The Balaban J connectivity index is 1.77. The van der Waals surface area contributed by atoms with Gasteiger partial charge in [-0.15, -0.1) is 0 Å². The number of fused-ring (bicyclic) bond motifs is 1. The first kappa shape index (κ1) is 17.5. The Hall–Kier alpha value is -2.33. The molecule has 0 atom stereocenters. The van der Waals surface area contributed by atoms with Gasteiger partial charge in [0.15, 0.2) is 0 Å². The lowest BCUT2D eigenvalue weighted by Crippen LogP contribution is -2.12.